The Labute approximate surface area is 133 Å². The van der Waals surface area contributed by atoms with E-state index in [0.717, 1.165) is 31.2 Å². The predicted octanol–water partition coefficient (Wildman–Crippen LogP) is 1.69. The average Bonchev–Trinajstić information content (AvgIpc) is 2.54. The lowest BCUT2D eigenvalue weighted by Crippen LogP contribution is -2.47. The van der Waals surface area contributed by atoms with Crippen LogP contribution in [-0.4, -0.2) is 43.6 Å². The number of nitrogens with one attached hydrogen (secondary N) is 1. The summed E-state index contributed by atoms with van der Waals surface area (Å²) < 4.78 is 28.5. The third-order valence-corrected chi connectivity index (χ3v) is 5.87. The molecule has 1 aliphatic carbocycles. The van der Waals surface area contributed by atoms with E-state index in [2.05, 4.69) is 4.72 Å². The fourth-order valence-electron chi connectivity index (χ4n) is 2.90. The summed E-state index contributed by atoms with van der Waals surface area (Å²) in [4.78, 5) is 0. The zero-order valence-corrected chi connectivity index (χ0v) is 13.9. The van der Waals surface area contributed by atoms with Crippen molar-refractivity contribution in [2.75, 3.05) is 13.6 Å². The first kappa shape index (κ1) is 17.4. The van der Waals surface area contributed by atoms with E-state index >= 15 is 0 Å². The van der Waals surface area contributed by atoms with E-state index < -0.39 is 16.3 Å². The molecule has 2 rings (SSSR count). The van der Waals surface area contributed by atoms with Crippen LogP contribution in [-0.2, 0) is 16.6 Å². The Hall–Kier alpha value is -0.950. The number of aliphatic hydroxyl groups excluding tert-OH is 1. The lowest BCUT2D eigenvalue weighted by molar-refractivity contribution is 0.177. The zero-order chi connectivity index (χ0) is 16.0. The van der Waals surface area contributed by atoms with E-state index in [1.54, 1.807) is 7.05 Å². The molecule has 0 heterocycles. The molecule has 0 unspecified atom stereocenters. The maximum absolute atomic E-state index is 12.3. The smallest absolute Gasteiger partial charge is 0.279 e. The number of rotatable bonds is 7. The van der Waals surface area contributed by atoms with Crippen LogP contribution < -0.4 is 4.72 Å². The van der Waals surface area contributed by atoms with Crippen LogP contribution in [0.4, 0.5) is 0 Å². The highest BCUT2D eigenvalue weighted by Gasteiger charge is 2.27. The molecule has 1 aliphatic rings. The summed E-state index contributed by atoms with van der Waals surface area (Å²) in [5.41, 5.74) is 0.995. The molecule has 0 saturated heterocycles. The second-order valence-corrected chi connectivity index (χ2v) is 7.82. The van der Waals surface area contributed by atoms with Gasteiger partial charge in [0.2, 0.25) is 0 Å². The van der Waals surface area contributed by atoms with E-state index in [1.165, 1.54) is 10.7 Å². The van der Waals surface area contributed by atoms with Gasteiger partial charge in [-0.1, -0.05) is 49.6 Å². The Balaban J connectivity index is 1.83. The Bertz CT molecular complexity index is 542. The van der Waals surface area contributed by atoms with Crippen molar-refractivity contribution in [1.82, 2.24) is 9.03 Å². The topological polar surface area (TPSA) is 69.6 Å². The standard InChI is InChI=1S/C16H26N2O3S/c1-18(15-10-6-3-7-11-15)22(20,21)17-13-16(19)12-14-8-4-2-5-9-14/h2,4-5,8-9,15-17,19H,3,6-7,10-13H2,1H3/t16-/m0/s1. The highest BCUT2D eigenvalue weighted by atomic mass is 32.2. The maximum Gasteiger partial charge on any atom is 0.279 e. The van der Waals surface area contributed by atoms with Crippen LogP contribution in [0.5, 0.6) is 0 Å². The van der Waals surface area contributed by atoms with Gasteiger partial charge in [-0.2, -0.15) is 17.4 Å². The second kappa shape index (κ2) is 8.06. The Kier molecular flexibility index (Phi) is 6.37. The molecule has 1 aromatic rings. The van der Waals surface area contributed by atoms with Crippen molar-refractivity contribution in [2.45, 2.75) is 50.7 Å². The number of hydrogen-bond acceptors (Lipinski definition) is 3. The second-order valence-electron chi connectivity index (χ2n) is 6.01. The van der Waals surface area contributed by atoms with Gasteiger partial charge in [-0.25, -0.2) is 0 Å². The first-order valence-corrected chi connectivity index (χ1v) is 9.37. The van der Waals surface area contributed by atoms with Gasteiger partial charge in [0.1, 0.15) is 0 Å². The van der Waals surface area contributed by atoms with E-state index in [9.17, 15) is 13.5 Å². The highest BCUT2D eigenvalue weighted by molar-refractivity contribution is 7.87. The van der Waals surface area contributed by atoms with Crippen molar-refractivity contribution < 1.29 is 13.5 Å². The fourth-order valence-corrected chi connectivity index (χ4v) is 4.11. The molecule has 22 heavy (non-hydrogen) atoms. The van der Waals surface area contributed by atoms with Crippen LogP contribution in [0.15, 0.2) is 30.3 Å². The normalized spacial score (nSPS) is 18.5. The summed E-state index contributed by atoms with van der Waals surface area (Å²) >= 11 is 0. The third-order valence-electron chi connectivity index (χ3n) is 4.28. The molecule has 5 nitrogen and oxygen atoms in total. The third kappa shape index (κ3) is 5.05. The number of benzene rings is 1. The quantitative estimate of drug-likeness (QED) is 0.801. The van der Waals surface area contributed by atoms with Gasteiger partial charge < -0.3 is 5.11 Å². The van der Waals surface area contributed by atoms with Crippen molar-refractivity contribution >= 4 is 10.2 Å². The minimum atomic E-state index is -3.52. The molecule has 1 aromatic carbocycles. The fraction of sp³-hybridized carbons (Fsp3) is 0.625. The van der Waals surface area contributed by atoms with Crippen LogP contribution in [0.3, 0.4) is 0 Å². The van der Waals surface area contributed by atoms with Gasteiger partial charge in [0, 0.05) is 19.6 Å². The van der Waals surface area contributed by atoms with Gasteiger partial charge in [0.15, 0.2) is 0 Å². The van der Waals surface area contributed by atoms with Gasteiger partial charge in [-0.05, 0) is 24.8 Å². The minimum Gasteiger partial charge on any atom is -0.391 e. The summed E-state index contributed by atoms with van der Waals surface area (Å²) in [6.45, 7) is 0.0360. The zero-order valence-electron chi connectivity index (χ0n) is 13.1. The molecule has 0 amide bonds. The highest BCUT2D eigenvalue weighted by Crippen LogP contribution is 2.22. The Morgan fingerprint density at radius 2 is 1.86 bits per heavy atom. The molecule has 6 heteroatoms. The molecule has 0 bridgehead atoms. The Morgan fingerprint density at radius 3 is 2.50 bits per heavy atom. The molecule has 0 aliphatic heterocycles. The largest absolute Gasteiger partial charge is 0.391 e. The van der Waals surface area contributed by atoms with Crippen LogP contribution in [0.2, 0.25) is 0 Å². The molecule has 0 radical (unpaired) electrons. The summed E-state index contributed by atoms with van der Waals surface area (Å²) in [6.07, 6.45) is 4.91. The van der Waals surface area contributed by atoms with Gasteiger partial charge >= 0.3 is 0 Å². The van der Waals surface area contributed by atoms with Crippen molar-refractivity contribution in [3.05, 3.63) is 35.9 Å². The molecule has 1 saturated carbocycles. The summed E-state index contributed by atoms with van der Waals surface area (Å²) in [5, 5.41) is 10.0. The molecule has 2 N–H and O–H groups in total. The monoisotopic (exact) mass is 326 g/mol. The molecule has 124 valence electrons. The SMILES string of the molecule is CN(C1CCCCC1)S(=O)(=O)NC[C@@H](O)Cc1ccccc1. The van der Waals surface area contributed by atoms with Crippen LogP contribution in [0.25, 0.3) is 0 Å². The predicted molar refractivity (Wildman–Crippen MR) is 87.7 cm³/mol. The molecular formula is C16H26N2O3S. The van der Waals surface area contributed by atoms with Crippen molar-refractivity contribution in [1.29, 1.82) is 0 Å². The molecule has 1 fully saturated rings. The van der Waals surface area contributed by atoms with Crippen LogP contribution >= 0.6 is 0 Å². The first-order chi connectivity index (χ1) is 10.5. The number of aliphatic hydroxyl groups is 1. The van der Waals surface area contributed by atoms with Gasteiger partial charge in [0.05, 0.1) is 6.10 Å². The minimum absolute atomic E-state index is 0.0360. The van der Waals surface area contributed by atoms with E-state index in [1.807, 2.05) is 30.3 Å². The Morgan fingerprint density at radius 1 is 1.23 bits per heavy atom. The van der Waals surface area contributed by atoms with Gasteiger partial charge in [-0.3, -0.25) is 0 Å². The van der Waals surface area contributed by atoms with Crippen LogP contribution in [0.1, 0.15) is 37.7 Å². The van der Waals surface area contributed by atoms with Crippen LogP contribution in [0, 0.1) is 0 Å². The van der Waals surface area contributed by atoms with Gasteiger partial charge in [-0.15, -0.1) is 0 Å². The van der Waals surface area contributed by atoms with Gasteiger partial charge in [0.25, 0.3) is 10.2 Å². The molecule has 0 aromatic heterocycles. The summed E-state index contributed by atoms with van der Waals surface area (Å²) in [5.74, 6) is 0. The van der Waals surface area contributed by atoms with Crippen molar-refractivity contribution in [3.63, 3.8) is 0 Å². The summed E-state index contributed by atoms with van der Waals surface area (Å²) in [7, 11) is -1.90. The van der Waals surface area contributed by atoms with E-state index in [0.29, 0.717) is 6.42 Å². The lowest BCUT2D eigenvalue weighted by atomic mass is 9.96. The number of hydrogen-bond donors (Lipinski definition) is 2. The summed E-state index contributed by atoms with van der Waals surface area (Å²) in [6, 6.07) is 9.65. The first-order valence-electron chi connectivity index (χ1n) is 7.93. The van der Waals surface area contributed by atoms with Crippen molar-refractivity contribution in [3.8, 4) is 0 Å². The van der Waals surface area contributed by atoms with E-state index in [4.69, 9.17) is 0 Å². The molecule has 1 atom stereocenters. The average molecular weight is 326 g/mol. The maximum atomic E-state index is 12.3. The van der Waals surface area contributed by atoms with Crippen molar-refractivity contribution in [2.24, 2.45) is 0 Å². The number of nitrogens with zero attached hydrogens (tertiary/aromatic N) is 1. The molecular weight excluding hydrogens is 300 g/mol. The van der Waals surface area contributed by atoms with E-state index in [-0.39, 0.29) is 12.6 Å². The molecule has 0 spiro atoms. The lowest BCUT2D eigenvalue weighted by Gasteiger charge is -2.30.